The third kappa shape index (κ3) is 1.66. The summed E-state index contributed by atoms with van der Waals surface area (Å²) >= 11 is 0. The highest BCUT2D eigenvalue weighted by atomic mass is 16.2. The Bertz CT molecular complexity index is 525. The lowest BCUT2D eigenvalue weighted by Crippen LogP contribution is -2.40. The SMILES string of the molecule is Cn1ncnc1NC(=O)C(=O)N1C[C@@H]2C[C@]2(C)C1. The lowest BCUT2D eigenvalue weighted by atomic mass is 10.1. The minimum absolute atomic E-state index is 0.251. The van der Waals surface area contributed by atoms with E-state index in [9.17, 15) is 9.59 Å². The number of nitrogens with one attached hydrogen (secondary N) is 1. The lowest BCUT2D eigenvalue weighted by molar-refractivity contribution is -0.142. The van der Waals surface area contributed by atoms with Crippen LogP contribution in [0.3, 0.4) is 0 Å². The summed E-state index contributed by atoms with van der Waals surface area (Å²) in [6.45, 7) is 3.54. The van der Waals surface area contributed by atoms with Gasteiger partial charge in [0.25, 0.3) is 0 Å². The van der Waals surface area contributed by atoms with E-state index < -0.39 is 11.8 Å². The van der Waals surface area contributed by atoms with Crippen molar-refractivity contribution in [3.05, 3.63) is 6.33 Å². The molecule has 1 aliphatic carbocycles. The fourth-order valence-electron chi connectivity index (χ4n) is 2.61. The Balaban J connectivity index is 1.63. The largest absolute Gasteiger partial charge is 0.334 e. The standard InChI is InChI=1S/C11H15N5O2/c1-11-3-7(11)4-16(5-11)9(18)8(17)14-10-12-6-13-15(10)2/h6-7H,3-5H2,1-2H3,(H,12,13,14,17)/t7-,11+/m0/s1. The zero-order chi connectivity index (χ0) is 12.9. The number of anilines is 1. The van der Waals surface area contributed by atoms with Crippen molar-refractivity contribution < 1.29 is 9.59 Å². The Kier molecular flexibility index (Phi) is 2.20. The molecule has 0 aromatic carbocycles. The number of carbonyl (C=O) groups is 2. The fourth-order valence-corrected chi connectivity index (χ4v) is 2.61. The molecule has 1 saturated heterocycles. The van der Waals surface area contributed by atoms with Crippen LogP contribution in [0, 0.1) is 11.3 Å². The second kappa shape index (κ2) is 3.54. The quantitative estimate of drug-likeness (QED) is 0.688. The van der Waals surface area contributed by atoms with Gasteiger partial charge in [-0.1, -0.05) is 6.92 Å². The highest BCUT2D eigenvalue weighted by Gasteiger charge is 2.57. The zero-order valence-electron chi connectivity index (χ0n) is 10.4. The number of amides is 2. The van der Waals surface area contributed by atoms with Gasteiger partial charge >= 0.3 is 11.8 Å². The first-order chi connectivity index (χ1) is 8.49. The normalized spacial score (nSPS) is 29.0. The molecule has 2 fully saturated rings. The molecule has 3 rings (SSSR count). The number of piperidine rings is 1. The molecule has 1 aromatic heterocycles. The number of hydrogen-bond acceptors (Lipinski definition) is 4. The number of hydrogen-bond donors (Lipinski definition) is 1. The Labute approximate surface area is 104 Å². The highest BCUT2D eigenvalue weighted by Crippen LogP contribution is 2.57. The van der Waals surface area contributed by atoms with E-state index in [2.05, 4.69) is 22.3 Å². The summed E-state index contributed by atoms with van der Waals surface area (Å²) in [6, 6.07) is 0. The Morgan fingerprint density at radius 1 is 1.56 bits per heavy atom. The maximum absolute atomic E-state index is 11.9. The Morgan fingerprint density at radius 2 is 2.33 bits per heavy atom. The van der Waals surface area contributed by atoms with E-state index in [1.807, 2.05) is 0 Å². The van der Waals surface area contributed by atoms with Gasteiger partial charge in [-0.15, -0.1) is 0 Å². The zero-order valence-corrected chi connectivity index (χ0v) is 10.4. The molecular weight excluding hydrogens is 234 g/mol. The Morgan fingerprint density at radius 3 is 2.89 bits per heavy atom. The first kappa shape index (κ1) is 11.2. The van der Waals surface area contributed by atoms with E-state index >= 15 is 0 Å². The average Bonchev–Trinajstić information content (AvgIpc) is 2.66. The van der Waals surface area contributed by atoms with Crippen molar-refractivity contribution >= 4 is 17.8 Å². The smallest absolute Gasteiger partial charge is 0.316 e. The first-order valence-electron chi connectivity index (χ1n) is 5.94. The molecule has 1 aromatic rings. The van der Waals surface area contributed by atoms with Crippen LogP contribution in [0.25, 0.3) is 0 Å². The molecular formula is C11H15N5O2. The number of carbonyl (C=O) groups excluding carboxylic acids is 2. The second-order valence-corrected chi connectivity index (χ2v) is 5.40. The van der Waals surface area contributed by atoms with E-state index in [4.69, 9.17) is 0 Å². The number of nitrogens with zero attached hydrogens (tertiary/aromatic N) is 4. The summed E-state index contributed by atoms with van der Waals surface area (Å²) in [5.74, 6) is -0.268. The van der Waals surface area contributed by atoms with Crippen molar-refractivity contribution in [3.63, 3.8) is 0 Å². The summed E-state index contributed by atoms with van der Waals surface area (Å²) in [5.41, 5.74) is 0.251. The van der Waals surface area contributed by atoms with Crippen molar-refractivity contribution in [3.8, 4) is 0 Å². The van der Waals surface area contributed by atoms with Gasteiger partial charge in [-0.05, 0) is 17.8 Å². The van der Waals surface area contributed by atoms with Crippen LogP contribution in [0.15, 0.2) is 6.33 Å². The predicted molar refractivity (Wildman–Crippen MR) is 62.4 cm³/mol. The Hall–Kier alpha value is -1.92. The van der Waals surface area contributed by atoms with Gasteiger partial charge in [0.15, 0.2) is 0 Å². The molecule has 1 saturated carbocycles. The second-order valence-electron chi connectivity index (χ2n) is 5.40. The van der Waals surface area contributed by atoms with E-state index in [0.29, 0.717) is 19.0 Å². The van der Waals surface area contributed by atoms with Gasteiger partial charge in [-0.3, -0.25) is 14.9 Å². The minimum Gasteiger partial charge on any atom is -0.334 e. The molecule has 2 amide bonds. The van der Waals surface area contributed by atoms with Crippen LogP contribution in [-0.4, -0.2) is 44.6 Å². The van der Waals surface area contributed by atoms with Gasteiger partial charge < -0.3 is 4.90 Å². The molecule has 2 aliphatic rings. The topological polar surface area (TPSA) is 80.1 Å². The highest BCUT2D eigenvalue weighted by molar-refractivity contribution is 6.39. The predicted octanol–water partition coefficient (Wildman–Crippen LogP) is -0.378. The fraction of sp³-hybridized carbons (Fsp3) is 0.636. The molecule has 0 unspecified atom stereocenters. The molecule has 0 bridgehead atoms. The maximum atomic E-state index is 11.9. The molecule has 7 nitrogen and oxygen atoms in total. The molecule has 2 heterocycles. The molecule has 7 heteroatoms. The van der Waals surface area contributed by atoms with Crippen molar-refractivity contribution in [2.75, 3.05) is 18.4 Å². The molecule has 2 atom stereocenters. The van der Waals surface area contributed by atoms with Crippen LogP contribution >= 0.6 is 0 Å². The van der Waals surface area contributed by atoms with Crippen LogP contribution in [0.1, 0.15) is 13.3 Å². The summed E-state index contributed by atoms with van der Waals surface area (Å²) in [7, 11) is 1.65. The van der Waals surface area contributed by atoms with Gasteiger partial charge in [0.2, 0.25) is 5.95 Å². The third-order valence-electron chi connectivity index (χ3n) is 3.95. The van der Waals surface area contributed by atoms with Gasteiger partial charge in [0.05, 0.1) is 0 Å². The molecule has 96 valence electrons. The van der Waals surface area contributed by atoms with Crippen LogP contribution in [0.5, 0.6) is 0 Å². The molecule has 0 radical (unpaired) electrons. The number of aryl methyl sites for hydroxylation is 1. The van der Waals surface area contributed by atoms with Crippen LogP contribution in [0.4, 0.5) is 5.95 Å². The van der Waals surface area contributed by atoms with Crippen molar-refractivity contribution in [1.82, 2.24) is 19.7 Å². The monoisotopic (exact) mass is 249 g/mol. The number of fused-ring (bicyclic) bond motifs is 1. The van der Waals surface area contributed by atoms with Crippen LogP contribution in [-0.2, 0) is 16.6 Å². The first-order valence-corrected chi connectivity index (χ1v) is 5.94. The van der Waals surface area contributed by atoms with Gasteiger partial charge in [0.1, 0.15) is 6.33 Å². The van der Waals surface area contributed by atoms with Gasteiger partial charge in [0, 0.05) is 20.1 Å². The molecule has 1 N–H and O–H groups in total. The lowest BCUT2D eigenvalue weighted by Gasteiger charge is -2.18. The van der Waals surface area contributed by atoms with Crippen LogP contribution < -0.4 is 5.32 Å². The molecule has 0 spiro atoms. The van der Waals surface area contributed by atoms with Crippen molar-refractivity contribution in [1.29, 1.82) is 0 Å². The molecule has 18 heavy (non-hydrogen) atoms. The summed E-state index contributed by atoms with van der Waals surface area (Å²) in [4.78, 5) is 29.2. The van der Waals surface area contributed by atoms with Crippen LogP contribution in [0.2, 0.25) is 0 Å². The average molecular weight is 249 g/mol. The van der Waals surface area contributed by atoms with Gasteiger partial charge in [-0.2, -0.15) is 10.1 Å². The minimum atomic E-state index is -0.643. The van der Waals surface area contributed by atoms with Gasteiger partial charge in [-0.25, -0.2) is 4.68 Å². The summed E-state index contributed by atoms with van der Waals surface area (Å²) in [5, 5.41) is 6.29. The number of aromatic nitrogens is 3. The van der Waals surface area contributed by atoms with E-state index in [-0.39, 0.29) is 11.4 Å². The van der Waals surface area contributed by atoms with E-state index in [0.717, 1.165) is 0 Å². The molecule has 1 aliphatic heterocycles. The number of likely N-dealkylation sites (tertiary alicyclic amines) is 1. The summed E-state index contributed by atoms with van der Waals surface area (Å²) < 4.78 is 1.41. The number of rotatable bonds is 1. The van der Waals surface area contributed by atoms with E-state index in [1.54, 1.807) is 11.9 Å². The third-order valence-corrected chi connectivity index (χ3v) is 3.95. The maximum Gasteiger partial charge on any atom is 0.316 e. The summed E-state index contributed by atoms with van der Waals surface area (Å²) in [6.07, 6.45) is 2.49. The van der Waals surface area contributed by atoms with Crippen molar-refractivity contribution in [2.45, 2.75) is 13.3 Å². The van der Waals surface area contributed by atoms with E-state index in [1.165, 1.54) is 17.4 Å². The van der Waals surface area contributed by atoms with Crippen molar-refractivity contribution in [2.24, 2.45) is 18.4 Å².